The third kappa shape index (κ3) is 34.2. The molecule has 0 bridgehead atoms. The van der Waals surface area contributed by atoms with Gasteiger partial charge >= 0.3 is 12.5 Å². The lowest BCUT2D eigenvalue weighted by atomic mass is 10.0. The summed E-state index contributed by atoms with van der Waals surface area (Å²) in [6.45, 7) is 22.6. The van der Waals surface area contributed by atoms with Crippen molar-refractivity contribution in [2.45, 2.75) is 58.1 Å². The number of rotatable bonds is 38. The average Bonchev–Trinajstić information content (AvgIpc) is 0.996. The van der Waals surface area contributed by atoms with Crippen LogP contribution in [0.1, 0.15) is 51.7 Å². The molecule has 12 aromatic rings. The zero-order valence-corrected chi connectivity index (χ0v) is 73.5. The fourth-order valence-corrected chi connectivity index (χ4v) is 11.7. The van der Waals surface area contributed by atoms with Gasteiger partial charge in [0.2, 0.25) is 47.4 Å². The van der Waals surface area contributed by atoms with Gasteiger partial charge in [-0.25, -0.2) is 42.3 Å². The number of nitrogens with one attached hydrogen (secondary N) is 12. The number of carbonyl (C=O) groups excluding carboxylic acids is 5. The fourth-order valence-electron chi connectivity index (χ4n) is 11.7. The molecule has 13 N–H and O–H groups in total. The van der Waals surface area contributed by atoms with E-state index < -0.39 is 53.2 Å². The number of ether oxygens (including phenoxy) is 6. The second-order valence-electron chi connectivity index (χ2n) is 29.5. The maximum absolute atomic E-state index is 14.4. The number of nitriles is 1. The van der Waals surface area contributed by atoms with Crippen molar-refractivity contribution in [1.82, 2.24) is 50.1 Å². The first-order chi connectivity index (χ1) is 65.3. The third-order valence-corrected chi connectivity index (χ3v) is 17.9. The maximum atomic E-state index is 14.4. The third-order valence-electron chi connectivity index (χ3n) is 17.9. The zero-order chi connectivity index (χ0) is 97.5. The molecule has 136 heavy (non-hydrogen) atoms. The standard InChI is InChI=1S/C27H31FN6O4.C25H25FN6O3.C22H22FN5O3.C21H15F4N5O2/c1-5-23(35)31-18-9-6-10-19(15-18)32-24-22(28)17-30-25(34-24)33-20-11-7-12-21(16-20)37-14-8-13-29-26(36)38-27(2,3)4;1-2-22(33)28-17-6-3-7-18(14-17)29-24-21(26)16-27-25(31-24)30-19-8-4-9-20(15-19)35-13-12-32-11-5-10-23(32)34;1-3-20(29)25-16-5-4-6-17(13-16)26-21-19(23)14-24-22(28-21)27-15-7-9-18(10-8-15)31-12-11-30-2;1-12(10-26)18(31)13-4-2-5-14(8-13)28-19-17(22)11-27-20(30-19)29-15-6-3-7-16(9-15)32-21(23,24)25/h5-7,9-12,15-17H,1,8,13-14H2,2-4H3,(H,29,36)(H,31,35)(H2,30,32,33,34);2-4,6-9,14-16H,1,5,10-13H2,(H,28,33)(H2,27,29,30,31);3-10,13-14H,1,11-12H2,2H3,(H,25,29)(H2,24,26,27,28);2-9,11,18,31H,1H2,(H2,27,28,29,30). The number of alkyl halides is 3. The van der Waals surface area contributed by atoms with Crippen LogP contribution in [0.4, 0.5) is 145 Å². The van der Waals surface area contributed by atoms with E-state index in [-0.39, 0.29) is 82.0 Å². The van der Waals surface area contributed by atoms with Crippen LogP contribution in [0.5, 0.6) is 23.0 Å². The fraction of sp³-hybridized carbons (Fsp3) is 0.179. The quantitative estimate of drug-likeness (QED) is 0.00740. The van der Waals surface area contributed by atoms with Gasteiger partial charge in [-0.1, -0.05) is 74.8 Å². The second-order valence-corrected chi connectivity index (χ2v) is 29.5. The summed E-state index contributed by atoms with van der Waals surface area (Å²) in [6.07, 6.45) is 3.11. The van der Waals surface area contributed by atoms with E-state index in [0.29, 0.717) is 132 Å². The van der Waals surface area contributed by atoms with Gasteiger partial charge in [0.15, 0.2) is 46.5 Å². The Labute approximate surface area is 776 Å². The lowest BCUT2D eigenvalue weighted by molar-refractivity contribution is -0.274. The normalized spacial score (nSPS) is 11.4. The highest BCUT2D eigenvalue weighted by Gasteiger charge is 2.31. The Morgan fingerprint density at radius 1 is 0.478 bits per heavy atom. The number of aromatic nitrogens is 8. The van der Waals surface area contributed by atoms with Gasteiger partial charge in [-0.15, -0.1) is 13.2 Å². The number of carbonyl (C=O) groups is 5. The van der Waals surface area contributed by atoms with Crippen molar-refractivity contribution in [3.8, 4) is 29.1 Å². The topological polar surface area (TPSA) is 435 Å². The Balaban J connectivity index is 0.000000188. The van der Waals surface area contributed by atoms with E-state index in [1.54, 1.807) is 184 Å². The number of methoxy groups -OCH3 is 1. The lowest BCUT2D eigenvalue weighted by Crippen LogP contribution is -2.33. The van der Waals surface area contributed by atoms with Crippen molar-refractivity contribution in [2.24, 2.45) is 0 Å². The highest BCUT2D eigenvalue weighted by molar-refractivity contribution is 6.00. The Kier molecular flexibility index (Phi) is 37.2. The SMILES string of the molecule is C=C(C#N)C(O)c1cccc(Nc2nc(Nc3cccc(OC(F)(F)F)c3)ncc2F)c1.C=CC(=O)Nc1cccc(Nc2nc(Nc3ccc(OCCOC)cc3)ncc2F)c1.C=CC(=O)Nc1cccc(Nc2nc(Nc3cccc(OCCCNC(=O)OC(C)(C)C)c3)ncc2F)c1.C=CC(=O)Nc1cccc(Nc2nc(Nc3cccc(OCCN4CCCC4=O)c3)ncc2F)c1. The summed E-state index contributed by atoms with van der Waals surface area (Å²) in [5.74, 6) is -1.92. The van der Waals surface area contributed by atoms with Crippen LogP contribution >= 0.6 is 0 Å². The van der Waals surface area contributed by atoms with E-state index >= 15 is 0 Å². The van der Waals surface area contributed by atoms with E-state index in [4.69, 9.17) is 28.9 Å². The molecular formula is C95H93F7N22O12. The number of aliphatic hydroxyl groups excluding tert-OH is 1. The van der Waals surface area contributed by atoms with Gasteiger partial charge in [-0.2, -0.15) is 25.2 Å². The Hall–Kier alpha value is -17.3. The molecule has 5 amide bonds. The van der Waals surface area contributed by atoms with Crippen molar-refractivity contribution >= 4 is 139 Å². The molecule has 0 radical (unpaired) electrons. The highest BCUT2D eigenvalue weighted by Crippen LogP contribution is 2.33. The largest absolute Gasteiger partial charge is 0.573 e. The summed E-state index contributed by atoms with van der Waals surface area (Å²) >= 11 is 0. The molecule has 1 unspecified atom stereocenters. The summed E-state index contributed by atoms with van der Waals surface area (Å²) in [7, 11) is 1.61. The van der Waals surface area contributed by atoms with Crippen LogP contribution in [0, 0.1) is 34.6 Å². The highest BCUT2D eigenvalue weighted by atomic mass is 19.4. The number of aliphatic hydroxyl groups is 1. The minimum Gasteiger partial charge on any atom is -0.493 e. The van der Waals surface area contributed by atoms with Crippen LogP contribution in [-0.2, 0) is 28.7 Å². The van der Waals surface area contributed by atoms with E-state index in [2.05, 4.69) is 135 Å². The lowest BCUT2D eigenvalue weighted by Gasteiger charge is -2.19. The average molecular weight is 1870 g/mol. The predicted octanol–water partition coefficient (Wildman–Crippen LogP) is 19.1. The molecule has 0 spiro atoms. The maximum Gasteiger partial charge on any atom is 0.573 e. The number of halogens is 7. The van der Waals surface area contributed by atoms with Crippen molar-refractivity contribution in [1.29, 1.82) is 5.26 Å². The summed E-state index contributed by atoms with van der Waals surface area (Å²) in [6, 6.07) is 54.8. The molecule has 1 aliphatic rings. The molecule has 1 atom stereocenters. The molecule has 1 fully saturated rings. The number of alkyl carbamates (subject to hydrolysis) is 1. The Morgan fingerprint density at radius 2 is 0.846 bits per heavy atom. The van der Waals surface area contributed by atoms with E-state index in [9.17, 15) is 59.8 Å². The number of benzene rings is 8. The van der Waals surface area contributed by atoms with E-state index in [1.165, 1.54) is 24.3 Å². The molecule has 0 aliphatic carbocycles. The van der Waals surface area contributed by atoms with Gasteiger partial charge in [-0.05, 0) is 185 Å². The van der Waals surface area contributed by atoms with Crippen LogP contribution in [0.15, 0.2) is 269 Å². The van der Waals surface area contributed by atoms with Gasteiger partial charge in [0.05, 0.1) is 56.2 Å². The molecule has 34 nitrogen and oxygen atoms in total. The molecule has 5 heterocycles. The number of hydrogen-bond donors (Lipinski definition) is 13. The first-order valence-corrected chi connectivity index (χ1v) is 41.3. The van der Waals surface area contributed by atoms with Crippen molar-refractivity contribution < 1.29 is 88.2 Å². The first kappa shape index (κ1) is 101. The van der Waals surface area contributed by atoms with Crippen LogP contribution < -0.4 is 82.7 Å². The van der Waals surface area contributed by atoms with Crippen molar-refractivity contribution in [3.05, 3.63) is 298 Å². The van der Waals surface area contributed by atoms with E-state index in [0.717, 1.165) is 62.0 Å². The van der Waals surface area contributed by atoms with Crippen LogP contribution in [-0.4, -0.2) is 145 Å². The van der Waals surface area contributed by atoms with Gasteiger partial charge in [0.1, 0.15) is 47.9 Å². The number of likely N-dealkylation sites (tertiary alicyclic amines) is 1. The molecule has 1 saturated heterocycles. The second kappa shape index (κ2) is 50.2. The van der Waals surface area contributed by atoms with Crippen LogP contribution in [0.3, 0.4) is 0 Å². The summed E-state index contributed by atoms with van der Waals surface area (Å²) in [5.41, 5.74) is 5.49. The van der Waals surface area contributed by atoms with Crippen LogP contribution in [0.2, 0.25) is 0 Å². The summed E-state index contributed by atoms with van der Waals surface area (Å²) in [4.78, 5) is 92.1. The molecule has 8 aromatic carbocycles. The Bertz CT molecular complexity index is 6220. The summed E-state index contributed by atoms with van der Waals surface area (Å²) < 4.78 is 125. The number of anilines is 19. The first-order valence-electron chi connectivity index (χ1n) is 41.3. The number of nitrogens with zero attached hydrogens (tertiary/aromatic N) is 10. The minimum absolute atomic E-state index is 0.00998. The number of amides is 5. The molecular weight excluding hydrogens is 1770 g/mol. The molecule has 704 valence electrons. The molecule has 0 saturated carbocycles. The molecule has 1 aliphatic heterocycles. The minimum atomic E-state index is -4.84. The van der Waals surface area contributed by atoms with Gasteiger partial charge < -0.3 is 102 Å². The molecule has 4 aromatic heterocycles. The zero-order valence-electron chi connectivity index (χ0n) is 73.5. The van der Waals surface area contributed by atoms with Crippen molar-refractivity contribution in [3.63, 3.8) is 0 Å². The Morgan fingerprint density at radius 3 is 1.24 bits per heavy atom. The van der Waals surface area contributed by atoms with E-state index in [1.807, 2.05) is 18.2 Å². The number of hydrogen-bond acceptors (Lipinski definition) is 29. The molecule has 41 heteroatoms. The predicted molar refractivity (Wildman–Crippen MR) is 502 cm³/mol. The van der Waals surface area contributed by atoms with Crippen LogP contribution in [0.25, 0.3) is 0 Å². The summed E-state index contributed by atoms with van der Waals surface area (Å²) in [5, 5.41) is 52.8. The van der Waals surface area contributed by atoms with Gasteiger partial charge in [0, 0.05) is 107 Å². The monoisotopic (exact) mass is 1870 g/mol. The smallest absolute Gasteiger partial charge is 0.493 e. The van der Waals surface area contributed by atoms with Gasteiger partial charge in [-0.3, -0.25) is 19.2 Å². The van der Waals surface area contributed by atoms with Crippen molar-refractivity contribution in [2.75, 3.05) is 112 Å². The van der Waals surface area contributed by atoms with Gasteiger partial charge in [0.25, 0.3) is 0 Å². The molecule has 13 rings (SSSR count).